The van der Waals surface area contributed by atoms with Crippen molar-refractivity contribution in [1.29, 1.82) is 5.26 Å². The van der Waals surface area contributed by atoms with Crippen LogP contribution in [0.15, 0.2) is 18.2 Å². The molecule has 5 rings (SSSR count). The highest BCUT2D eigenvalue weighted by atomic mass is 32.1. The molecule has 1 aliphatic heterocycles. The van der Waals surface area contributed by atoms with E-state index in [4.69, 9.17) is 9.57 Å². The summed E-state index contributed by atoms with van der Waals surface area (Å²) in [5.74, 6) is 0.00807. The van der Waals surface area contributed by atoms with Crippen LogP contribution in [-0.4, -0.2) is 18.5 Å². The summed E-state index contributed by atoms with van der Waals surface area (Å²) in [6, 6.07) is 5.44. The number of hydrogen-bond acceptors (Lipinski definition) is 5. The lowest BCUT2D eigenvalue weighted by molar-refractivity contribution is -0.897. The molecule has 250 valence electrons. The van der Waals surface area contributed by atoms with Crippen molar-refractivity contribution in [3.63, 3.8) is 0 Å². The van der Waals surface area contributed by atoms with Crippen molar-refractivity contribution < 1.29 is 32.6 Å². The molecular formula is C36H52F3N2O3S+. The van der Waals surface area contributed by atoms with E-state index in [0.717, 1.165) is 66.2 Å². The third-order valence-electron chi connectivity index (χ3n) is 9.35. The van der Waals surface area contributed by atoms with Crippen LogP contribution >= 0.6 is 12.6 Å². The lowest BCUT2D eigenvalue weighted by atomic mass is 9.70. The highest BCUT2D eigenvalue weighted by Gasteiger charge is 2.56. The molecule has 1 spiro atoms. The van der Waals surface area contributed by atoms with Crippen molar-refractivity contribution in [2.24, 2.45) is 10.8 Å². The number of hydrogen-bond donors (Lipinski definition) is 2. The molecule has 0 amide bonds. The highest BCUT2D eigenvalue weighted by molar-refractivity contribution is 7.79. The maximum absolute atomic E-state index is 13.6. The Labute approximate surface area is 273 Å². The van der Waals surface area contributed by atoms with Crippen LogP contribution in [0.2, 0.25) is 0 Å². The standard InChI is InChI=1S/C29H34F3N2O3.C6H14.CH4S/c1-16(2)25-23-24(22-20(34(25)36-5)13-27(3,4)14-21(22)35)28(10-6-7-11-28)37-26(23)17-8-9-19(29(30,31)32)18(12-17)15-33;1-5-6(2,3)4;1-2/h8-9,12,16,21,26,35H,6-7,10-11,13-14H2,1-5H3;5H2,1-4H3;2H,1H3/q+1;;. The number of aliphatic hydroxyl groups is 1. The van der Waals surface area contributed by atoms with Crippen LogP contribution in [0.3, 0.4) is 0 Å². The summed E-state index contributed by atoms with van der Waals surface area (Å²) >= 11 is 3.53. The van der Waals surface area contributed by atoms with Crippen LogP contribution in [0, 0.1) is 22.2 Å². The number of rotatable bonds is 3. The van der Waals surface area contributed by atoms with E-state index in [9.17, 15) is 23.5 Å². The van der Waals surface area contributed by atoms with Gasteiger partial charge in [-0.05, 0) is 54.0 Å². The monoisotopic (exact) mass is 649 g/mol. The van der Waals surface area contributed by atoms with Gasteiger partial charge in [0.1, 0.15) is 13.2 Å². The first-order valence-corrected chi connectivity index (χ1v) is 16.9. The zero-order chi connectivity index (χ0) is 34.1. The molecule has 45 heavy (non-hydrogen) atoms. The molecule has 2 aliphatic carbocycles. The number of aromatic nitrogens is 1. The summed E-state index contributed by atoms with van der Waals surface area (Å²) in [4.78, 5) is 5.96. The van der Waals surface area contributed by atoms with Crippen LogP contribution < -0.4 is 9.57 Å². The summed E-state index contributed by atoms with van der Waals surface area (Å²) in [5.41, 5.74) is 3.44. The first-order valence-electron chi connectivity index (χ1n) is 16.0. The first kappa shape index (κ1) is 37.2. The minimum absolute atomic E-state index is 0.00807. The highest BCUT2D eigenvalue weighted by Crippen LogP contribution is 2.59. The summed E-state index contributed by atoms with van der Waals surface area (Å²) < 4.78 is 49.4. The van der Waals surface area contributed by atoms with Gasteiger partial charge >= 0.3 is 6.18 Å². The number of nitrogens with zero attached hydrogens (tertiary/aromatic N) is 2. The molecule has 0 radical (unpaired) electrons. The number of nitriles is 1. The first-order chi connectivity index (χ1) is 20.9. The minimum atomic E-state index is -4.62. The van der Waals surface area contributed by atoms with Crippen molar-refractivity contribution in [2.45, 2.75) is 130 Å². The van der Waals surface area contributed by atoms with E-state index in [0.29, 0.717) is 17.4 Å². The number of thiol groups is 1. The van der Waals surface area contributed by atoms with Gasteiger partial charge in [0.05, 0.1) is 40.0 Å². The second kappa shape index (κ2) is 13.8. The molecule has 1 N–H and O–H groups in total. The van der Waals surface area contributed by atoms with Crippen molar-refractivity contribution in [3.8, 4) is 6.07 Å². The molecule has 9 heteroatoms. The average Bonchev–Trinajstić information content (AvgIpc) is 3.56. The fraction of sp³-hybridized carbons (Fsp3) is 0.667. The predicted octanol–water partition coefficient (Wildman–Crippen LogP) is 8.93. The Bertz CT molecular complexity index is 1400. The Morgan fingerprint density at radius 1 is 1.13 bits per heavy atom. The van der Waals surface area contributed by atoms with Gasteiger partial charge in [-0.2, -0.15) is 31.1 Å². The van der Waals surface area contributed by atoms with Gasteiger partial charge in [0.25, 0.3) is 0 Å². The van der Waals surface area contributed by atoms with E-state index in [-0.39, 0.29) is 11.3 Å². The van der Waals surface area contributed by atoms with E-state index in [1.54, 1.807) is 19.4 Å². The number of fused-ring (bicyclic) bond motifs is 4. The number of benzene rings is 1. The second-order valence-electron chi connectivity index (χ2n) is 14.8. The molecule has 2 aromatic rings. The van der Waals surface area contributed by atoms with Crippen LogP contribution in [-0.2, 0) is 22.9 Å². The Hall–Kier alpha value is -2.28. The van der Waals surface area contributed by atoms with Crippen molar-refractivity contribution >= 4 is 12.6 Å². The summed E-state index contributed by atoms with van der Waals surface area (Å²) in [6.07, 6.45) is 1.76. The number of alkyl halides is 3. The topological polar surface area (TPSA) is 66.4 Å². The Morgan fingerprint density at radius 2 is 1.71 bits per heavy atom. The van der Waals surface area contributed by atoms with Crippen molar-refractivity contribution in [3.05, 3.63) is 63.0 Å². The Balaban J connectivity index is 0.000000620. The third-order valence-corrected chi connectivity index (χ3v) is 9.35. The third kappa shape index (κ3) is 7.49. The van der Waals surface area contributed by atoms with Crippen molar-refractivity contribution in [1.82, 2.24) is 0 Å². The quantitative estimate of drug-likeness (QED) is 0.257. The van der Waals surface area contributed by atoms with Crippen LogP contribution in [0.1, 0.15) is 157 Å². The molecular weight excluding hydrogens is 597 g/mol. The predicted molar refractivity (Wildman–Crippen MR) is 174 cm³/mol. The van der Waals surface area contributed by atoms with Gasteiger partial charge in [-0.1, -0.05) is 80.7 Å². The molecule has 5 nitrogen and oxygen atoms in total. The van der Waals surface area contributed by atoms with Gasteiger partial charge in [0.15, 0.2) is 0 Å². The van der Waals surface area contributed by atoms with Gasteiger partial charge in [0, 0.05) is 22.6 Å². The number of aliphatic hydroxyl groups excluding tert-OH is 1. The van der Waals surface area contributed by atoms with Gasteiger partial charge in [-0.25, -0.2) is 0 Å². The van der Waals surface area contributed by atoms with Gasteiger partial charge < -0.3 is 9.84 Å². The van der Waals surface area contributed by atoms with E-state index in [2.05, 4.69) is 68.0 Å². The zero-order valence-corrected chi connectivity index (χ0v) is 29.5. The second-order valence-corrected chi connectivity index (χ2v) is 14.8. The maximum atomic E-state index is 13.6. The molecule has 0 saturated heterocycles. The fourth-order valence-electron chi connectivity index (χ4n) is 6.93. The average molecular weight is 650 g/mol. The van der Waals surface area contributed by atoms with Crippen LogP contribution in [0.5, 0.6) is 0 Å². The molecule has 1 saturated carbocycles. The number of halogens is 3. The lowest BCUT2D eigenvalue weighted by Gasteiger charge is -2.36. The maximum Gasteiger partial charge on any atom is 0.417 e. The van der Waals surface area contributed by atoms with E-state index < -0.39 is 35.1 Å². The molecule has 1 aromatic carbocycles. The Kier molecular flexibility index (Phi) is 11.4. The summed E-state index contributed by atoms with van der Waals surface area (Å²) in [5, 5.41) is 21.1. The summed E-state index contributed by atoms with van der Waals surface area (Å²) in [6.45, 7) is 17.3. The zero-order valence-electron chi connectivity index (χ0n) is 28.7. The number of ether oxygens (including phenoxy) is 1. The minimum Gasteiger partial charge on any atom is -0.388 e. The molecule has 2 unspecified atom stereocenters. The van der Waals surface area contributed by atoms with Gasteiger partial charge in [-0.3, -0.25) is 4.84 Å². The summed E-state index contributed by atoms with van der Waals surface area (Å²) in [7, 11) is 1.61. The fourth-order valence-corrected chi connectivity index (χ4v) is 6.93. The normalized spacial score (nSPS) is 21.2. The SMILES string of the molecule is CCC(C)(C)C.CO[n+]1c2c(c3c(c1C(C)C)C(c1ccc(C(F)(F)F)c(C#N)c1)OC31CCCC1)C(O)CC(C)(C)C2.CS. The molecule has 2 heterocycles. The molecule has 2 atom stereocenters. The van der Waals surface area contributed by atoms with Crippen LogP contribution in [0.25, 0.3) is 0 Å². The Morgan fingerprint density at radius 3 is 2.18 bits per heavy atom. The van der Waals surface area contributed by atoms with Crippen LogP contribution in [0.4, 0.5) is 13.2 Å². The van der Waals surface area contributed by atoms with Crippen molar-refractivity contribution in [2.75, 3.05) is 13.4 Å². The van der Waals surface area contributed by atoms with E-state index in [1.807, 2.05) is 4.73 Å². The lowest BCUT2D eigenvalue weighted by Crippen LogP contribution is -2.53. The molecule has 0 bridgehead atoms. The smallest absolute Gasteiger partial charge is 0.388 e. The molecule has 1 aromatic heterocycles. The van der Waals surface area contributed by atoms with E-state index >= 15 is 0 Å². The number of pyridine rings is 1. The van der Waals surface area contributed by atoms with E-state index in [1.165, 1.54) is 18.6 Å². The molecule has 1 fully saturated rings. The largest absolute Gasteiger partial charge is 0.417 e. The van der Waals surface area contributed by atoms with Gasteiger partial charge in [-0.15, -0.1) is 0 Å². The van der Waals surface area contributed by atoms with Gasteiger partial charge in [0.2, 0.25) is 11.4 Å². The molecule has 3 aliphatic rings.